The van der Waals surface area contributed by atoms with E-state index in [0.29, 0.717) is 24.5 Å². The van der Waals surface area contributed by atoms with Crippen molar-refractivity contribution in [3.63, 3.8) is 0 Å². The fraction of sp³-hybridized carbons (Fsp3) is 0.263. The number of rotatable bonds is 5. The summed E-state index contributed by atoms with van der Waals surface area (Å²) in [6, 6.07) is 7.43. The predicted octanol–water partition coefficient (Wildman–Crippen LogP) is 2.76. The standard InChI is InChI=1S/C19H18FN5O2S/c20-15-1-3-17(4-2-15)25(18(26)14-5-6-21-22-11-14)12-16-13-28-19(23-16)24-7-9-27-10-8-24/h1-6,11,13H,7-10,12H2. The third-order valence-corrected chi connectivity index (χ3v) is 5.31. The first-order chi connectivity index (χ1) is 13.7. The van der Waals surface area contributed by atoms with E-state index >= 15 is 0 Å². The summed E-state index contributed by atoms with van der Waals surface area (Å²) in [6.07, 6.45) is 2.88. The molecule has 0 bridgehead atoms. The smallest absolute Gasteiger partial charge is 0.260 e. The molecule has 2 aromatic heterocycles. The van der Waals surface area contributed by atoms with E-state index in [2.05, 4.69) is 20.1 Å². The largest absolute Gasteiger partial charge is 0.378 e. The van der Waals surface area contributed by atoms with Crippen molar-refractivity contribution in [3.8, 4) is 0 Å². The molecule has 1 amide bonds. The SMILES string of the molecule is O=C(c1ccnnc1)N(Cc1csc(N2CCOCC2)n1)c1ccc(F)cc1. The van der Waals surface area contributed by atoms with Crippen molar-refractivity contribution in [1.29, 1.82) is 0 Å². The number of hydrogen-bond acceptors (Lipinski definition) is 7. The molecule has 9 heteroatoms. The minimum absolute atomic E-state index is 0.248. The molecule has 1 fully saturated rings. The van der Waals surface area contributed by atoms with Crippen LogP contribution in [0.25, 0.3) is 0 Å². The van der Waals surface area contributed by atoms with E-state index in [1.165, 1.54) is 24.5 Å². The zero-order valence-electron chi connectivity index (χ0n) is 15.0. The zero-order valence-corrected chi connectivity index (χ0v) is 15.8. The molecule has 0 radical (unpaired) electrons. The first-order valence-electron chi connectivity index (χ1n) is 8.82. The maximum Gasteiger partial charge on any atom is 0.260 e. The molecule has 7 nitrogen and oxygen atoms in total. The molecule has 0 unspecified atom stereocenters. The Hall–Kier alpha value is -2.91. The summed E-state index contributed by atoms with van der Waals surface area (Å²) in [5.74, 6) is -0.604. The van der Waals surface area contributed by atoms with Crippen molar-refractivity contribution < 1.29 is 13.9 Å². The van der Waals surface area contributed by atoms with Gasteiger partial charge in [-0.2, -0.15) is 10.2 Å². The minimum atomic E-state index is -0.356. The minimum Gasteiger partial charge on any atom is -0.378 e. The molecule has 1 saturated heterocycles. The molecule has 3 heterocycles. The van der Waals surface area contributed by atoms with E-state index in [0.717, 1.165) is 23.9 Å². The number of carbonyl (C=O) groups is 1. The van der Waals surface area contributed by atoms with Crippen molar-refractivity contribution in [2.45, 2.75) is 6.54 Å². The number of hydrogen-bond donors (Lipinski definition) is 0. The molecular formula is C19H18FN5O2S. The zero-order chi connectivity index (χ0) is 19.3. The summed E-state index contributed by atoms with van der Waals surface area (Å²) in [6.45, 7) is 3.24. The molecule has 28 heavy (non-hydrogen) atoms. The number of nitrogens with zero attached hydrogens (tertiary/aromatic N) is 5. The summed E-state index contributed by atoms with van der Waals surface area (Å²) in [5.41, 5.74) is 1.76. The fourth-order valence-corrected chi connectivity index (χ4v) is 3.78. The van der Waals surface area contributed by atoms with Crippen LogP contribution in [0.2, 0.25) is 0 Å². The Morgan fingerprint density at radius 3 is 2.68 bits per heavy atom. The molecule has 4 rings (SSSR count). The molecule has 144 valence electrons. The van der Waals surface area contributed by atoms with E-state index in [1.807, 2.05) is 5.38 Å². The normalized spacial score (nSPS) is 14.1. The molecule has 1 aromatic carbocycles. The van der Waals surface area contributed by atoms with Crippen LogP contribution in [0, 0.1) is 5.82 Å². The number of halogens is 1. The Kier molecular flexibility index (Phi) is 5.54. The first-order valence-corrected chi connectivity index (χ1v) is 9.70. The molecule has 3 aromatic rings. The molecule has 0 N–H and O–H groups in total. The monoisotopic (exact) mass is 399 g/mol. The van der Waals surface area contributed by atoms with Crippen molar-refractivity contribution >= 4 is 28.1 Å². The molecule has 1 aliphatic rings. The number of morpholine rings is 1. The summed E-state index contributed by atoms with van der Waals surface area (Å²) in [5, 5.41) is 10.3. The van der Waals surface area contributed by atoms with Gasteiger partial charge in [-0.15, -0.1) is 11.3 Å². The Morgan fingerprint density at radius 2 is 1.96 bits per heavy atom. The Labute approximate surface area is 165 Å². The average molecular weight is 399 g/mol. The number of anilines is 2. The number of carbonyl (C=O) groups excluding carboxylic acids is 1. The fourth-order valence-electron chi connectivity index (χ4n) is 2.91. The second-order valence-electron chi connectivity index (χ2n) is 6.22. The highest BCUT2D eigenvalue weighted by atomic mass is 32.1. The average Bonchev–Trinajstić information content (AvgIpc) is 3.22. The number of ether oxygens (including phenoxy) is 1. The number of aromatic nitrogens is 3. The summed E-state index contributed by atoms with van der Waals surface area (Å²) in [4.78, 5) is 21.5. The van der Waals surface area contributed by atoms with Gasteiger partial charge in [0.25, 0.3) is 5.91 Å². The lowest BCUT2D eigenvalue weighted by atomic mass is 10.2. The van der Waals surface area contributed by atoms with Crippen LogP contribution in [0.1, 0.15) is 16.1 Å². The van der Waals surface area contributed by atoms with Gasteiger partial charge in [0.15, 0.2) is 5.13 Å². The van der Waals surface area contributed by atoms with Crippen LogP contribution in [0.15, 0.2) is 48.1 Å². The number of benzene rings is 1. The van der Waals surface area contributed by atoms with Gasteiger partial charge < -0.3 is 14.5 Å². The molecule has 0 aliphatic carbocycles. The van der Waals surface area contributed by atoms with Crippen molar-refractivity contribution in [3.05, 3.63) is 65.2 Å². The molecule has 0 atom stereocenters. The van der Waals surface area contributed by atoms with Gasteiger partial charge >= 0.3 is 0 Å². The Bertz CT molecular complexity index is 929. The molecule has 1 aliphatic heterocycles. The van der Waals surface area contributed by atoms with E-state index in [9.17, 15) is 9.18 Å². The number of amides is 1. The molecule has 0 spiro atoms. The molecule has 0 saturated carbocycles. The van der Waals surface area contributed by atoms with Crippen molar-refractivity contribution in [1.82, 2.24) is 15.2 Å². The highest BCUT2D eigenvalue weighted by molar-refractivity contribution is 7.13. The second kappa shape index (κ2) is 8.41. The highest BCUT2D eigenvalue weighted by Crippen LogP contribution is 2.25. The topological polar surface area (TPSA) is 71.5 Å². The van der Waals surface area contributed by atoms with Crippen LogP contribution in [0.5, 0.6) is 0 Å². The Morgan fingerprint density at radius 1 is 1.18 bits per heavy atom. The summed E-state index contributed by atoms with van der Waals surface area (Å²) >= 11 is 1.54. The van der Waals surface area contributed by atoms with Crippen LogP contribution < -0.4 is 9.80 Å². The first kappa shape index (κ1) is 18.5. The van der Waals surface area contributed by atoms with Crippen LogP contribution in [-0.2, 0) is 11.3 Å². The van der Waals surface area contributed by atoms with Gasteiger partial charge in [0.2, 0.25) is 0 Å². The summed E-state index contributed by atoms with van der Waals surface area (Å²) in [7, 11) is 0. The van der Waals surface area contributed by atoms with Crippen LogP contribution >= 0.6 is 11.3 Å². The van der Waals surface area contributed by atoms with Crippen LogP contribution in [0.4, 0.5) is 15.2 Å². The van der Waals surface area contributed by atoms with E-state index in [4.69, 9.17) is 4.74 Å². The third-order valence-electron chi connectivity index (χ3n) is 4.36. The van der Waals surface area contributed by atoms with Gasteiger partial charge in [-0.1, -0.05) is 0 Å². The predicted molar refractivity (Wildman–Crippen MR) is 104 cm³/mol. The number of thiazole rings is 1. The van der Waals surface area contributed by atoms with E-state index in [1.54, 1.807) is 34.4 Å². The highest BCUT2D eigenvalue weighted by Gasteiger charge is 2.21. The lowest BCUT2D eigenvalue weighted by molar-refractivity contribution is 0.0984. The van der Waals surface area contributed by atoms with E-state index in [-0.39, 0.29) is 18.3 Å². The van der Waals surface area contributed by atoms with Gasteiger partial charge in [0.1, 0.15) is 5.82 Å². The van der Waals surface area contributed by atoms with Crippen molar-refractivity contribution in [2.24, 2.45) is 0 Å². The van der Waals surface area contributed by atoms with Crippen LogP contribution in [-0.4, -0.2) is 47.4 Å². The van der Waals surface area contributed by atoms with Gasteiger partial charge in [-0.25, -0.2) is 9.37 Å². The van der Waals surface area contributed by atoms with Gasteiger partial charge in [0.05, 0.1) is 43.4 Å². The van der Waals surface area contributed by atoms with Gasteiger partial charge in [-0.3, -0.25) is 4.79 Å². The summed E-state index contributed by atoms with van der Waals surface area (Å²) < 4.78 is 18.7. The van der Waals surface area contributed by atoms with Crippen molar-refractivity contribution in [2.75, 3.05) is 36.1 Å². The quantitative estimate of drug-likeness (QED) is 0.657. The van der Waals surface area contributed by atoms with Crippen LogP contribution in [0.3, 0.4) is 0 Å². The maximum atomic E-state index is 13.4. The Balaban J connectivity index is 1.59. The molecular weight excluding hydrogens is 381 g/mol. The lowest BCUT2D eigenvalue weighted by Gasteiger charge is -2.26. The van der Waals surface area contributed by atoms with Gasteiger partial charge in [0, 0.05) is 24.2 Å². The third kappa shape index (κ3) is 4.15. The van der Waals surface area contributed by atoms with Gasteiger partial charge in [-0.05, 0) is 30.3 Å². The lowest BCUT2D eigenvalue weighted by Crippen LogP contribution is -2.36. The van der Waals surface area contributed by atoms with E-state index < -0.39 is 0 Å². The maximum absolute atomic E-state index is 13.4. The second-order valence-corrected chi connectivity index (χ2v) is 7.06.